The van der Waals surface area contributed by atoms with Crippen LogP contribution >= 0.6 is 35.1 Å². The van der Waals surface area contributed by atoms with Crippen LogP contribution in [0.15, 0.2) is 77.7 Å². The minimum atomic E-state index is -0.440. The Balaban J connectivity index is 1.84. The van der Waals surface area contributed by atoms with Gasteiger partial charge in [-0.2, -0.15) is 4.41 Å². The Hall–Kier alpha value is -2.67. The first-order chi connectivity index (χ1) is 14.0. The molecule has 0 aromatic heterocycles. The topological polar surface area (TPSA) is 58.6 Å². The zero-order valence-electron chi connectivity index (χ0n) is 15.3. The zero-order valence-corrected chi connectivity index (χ0v) is 17.6. The van der Waals surface area contributed by atoms with E-state index < -0.39 is 11.8 Å². The Morgan fingerprint density at radius 2 is 1.34 bits per heavy atom. The van der Waals surface area contributed by atoms with E-state index in [1.165, 1.54) is 4.41 Å². The number of nitrogens with one attached hydrogen (secondary N) is 1. The van der Waals surface area contributed by atoms with E-state index >= 15 is 0 Å². The van der Waals surface area contributed by atoms with Gasteiger partial charge in [-0.3, -0.25) is 9.59 Å². The fourth-order valence-corrected chi connectivity index (χ4v) is 3.36. The average molecular weight is 447 g/mol. The summed E-state index contributed by atoms with van der Waals surface area (Å²) in [6.07, 6.45) is 0. The van der Waals surface area contributed by atoms with Crippen LogP contribution in [0.2, 0.25) is 10.0 Å². The molecular weight excluding hydrogens is 431 g/mol. The predicted molar refractivity (Wildman–Crippen MR) is 115 cm³/mol. The molecular formula is C21H16Cl2N2O3S. The molecule has 3 aromatic carbocycles. The van der Waals surface area contributed by atoms with Crippen molar-refractivity contribution in [1.29, 1.82) is 0 Å². The Morgan fingerprint density at radius 3 is 1.86 bits per heavy atom. The van der Waals surface area contributed by atoms with Gasteiger partial charge in [0, 0.05) is 38.0 Å². The van der Waals surface area contributed by atoms with Crippen LogP contribution in [0.5, 0.6) is 5.75 Å². The Bertz CT molecular complexity index is 994. The quantitative estimate of drug-likeness (QED) is 0.415. The molecule has 0 unspecified atom stereocenters. The van der Waals surface area contributed by atoms with Crippen LogP contribution in [-0.2, 0) is 0 Å². The molecule has 5 nitrogen and oxygen atoms in total. The second-order valence-corrected chi connectivity index (χ2v) is 7.71. The second-order valence-electron chi connectivity index (χ2n) is 5.82. The highest BCUT2D eigenvalue weighted by Crippen LogP contribution is 2.26. The van der Waals surface area contributed by atoms with Crippen LogP contribution in [0.25, 0.3) is 0 Å². The first-order valence-electron chi connectivity index (χ1n) is 8.45. The number of ether oxygens (including phenoxy) is 1. The number of hydrogen-bond acceptors (Lipinski definition) is 4. The number of nitrogens with zero attached hydrogens (tertiary/aromatic N) is 1. The number of carbonyl (C=O) groups excluding carboxylic acids is 2. The molecule has 1 N–H and O–H groups in total. The number of carbonyl (C=O) groups is 2. The monoisotopic (exact) mass is 446 g/mol. The average Bonchev–Trinajstić information content (AvgIpc) is 2.74. The molecule has 0 spiro atoms. The zero-order chi connectivity index (χ0) is 20.8. The van der Waals surface area contributed by atoms with Crippen LogP contribution in [0.1, 0.15) is 20.7 Å². The summed E-state index contributed by atoms with van der Waals surface area (Å²) in [5, 5.41) is 1.03. The number of halogens is 2. The minimum Gasteiger partial charge on any atom is -0.497 e. The first-order valence-corrected chi connectivity index (χ1v) is 9.98. The third-order valence-corrected chi connectivity index (χ3v) is 5.27. The first kappa shape index (κ1) is 21.0. The highest BCUT2D eigenvalue weighted by atomic mass is 35.5. The Labute approximate surface area is 182 Å². The van der Waals surface area contributed by atoms with Gasteiger partial charge in [0.2, 0.25) is 0 Å². The molecule has 0 aliphatic carbocycles. The van der Waals surface area contributed by atoms with Crippen LogP contribution in [0, 0.1) is 0 Å². The highest BCUT2D eigenvalue weighted by molar-refractivity contribution is 7.97. The number of hydrazine groups is 1. The summed E-state index contributed by atoms with van der Waals surface area (Å²) >= 11 is 12.9. The fourth-order valence-electron chi connectivity index (χ4n) is 2.32. The maximum Gasteiger partial charge on any atom is 0.283 e. The molecule has 0 bridgehead atoms. The fraction of sp³-hybridized carbons (Fsp3) is 0.0476. The summed E-state index contributed by atoms with van der Waals surface area (Å²) in [4.78, 5) is 26.4. The molecule has 0 fully saturated rings. The van der Waals surface area contributed by atoms with Crippen molar-refractivity contribution in [2.75, 3.05) is 7.11 Å². The molecule has 0 saturated carbocycles. The second kappa shape index (κ2) is 9.69. The number of amides is 2. The van der Waals surface area contributed by atoms with Crippen molar-refractivity contribution in [1.82, 2.24) is 9.84 Å². The largest absolute Gasteiger partial charge is 0.497 e. The maximum atomic E-state index is 13.0. The van der Waals surface area contributed by atoms with E-state index in [1.807, 2.05) is 0 Å². The van der Waals surface area contributed by atoms with Gasteiger partial charge in [0.05, 0.1) is 7.11 Å². The molecule has 0 saturated heterocycles. The molecule has 0 atom stereocenters. The third-order valence-electron chi connectivity index (χ3n) is 3.84. The van der Waals surface area contributed by atoms with Crippen molar-refractivity contribution >= 4 is 47.0 Å². The molecule has 3 rings (SSSR count). The van der Waals surface area contributed by atoms with Gasteiger partial charge in [-0.1, -0.05) is 23.2 Å². The van der Waals surface area contributed by atoms with Crippen LogP contribution in [0.3, 0.4) is 0 Å². The smallest absolute Gasteiger partial charge is 0.283 e. The lowest BCUT2D eigenvalue weighted by molar-refractivity contribution is 0.0739. The summed E-state index contributed by atoms with van der Waals surface area (Å²) in [5.41, 5.74) is 3.40. The van der Waals surface area contributed by atoms with Gasteiger partial charge in [-0.15, -0.1) is 0 Å². The van der Waals surface area contributed by atoms with Crippen molar-refractivity contribution in [3.8, 4) is 5.75 Å². The van der Waals surface area contributed by atoms with E-state index in [0.29, 0.717) is 26.9 Å². The summed E-state index contributed by atoms with van der Waals surface area (Å²) in [5.74, 6) is -0.148. The van der Waals surface area contributed by atoms with Crippen molar-refractivity contribution < 1.29 is 14.3 Å². The van der Waals surface area contributed by atoms with Gasteiger partial charge in [0.25, 0.3) is 11.8 Å². The van der Waals surface area contributed by atoms with Gasteiger partial charge >= 0.3 is 0 Å². The number of benzene rings is 3. The molecule has 2 amide bonds. The molecule has 3 aromatic rings. The molecule has 0 heterocycles. The summed E-state index contributed by atoms with van der Waals surface area (Å²) in [7, 11) is 1.57. The normalized spacial score (nSPS) is 10.3. The van der Waals surface area contributed by atoms with Gasteiger partial charge < -0.3 is 4.74 Å². The van der Waals surface area contributed by atoms with Gasteiger partial charge in [0.15, 0.2) is 0 Å². The lowest BCUT2D eigenvalue weighted by Crippen LogP contribution is -2.41. The summed E-state index contributed by atoms with van der Waals surface area (Å²) in [6.45, 7) is 0. The minimum absolute atomic E-state index is 0.374. The van der Waals surface area contributed by atoms with Crippen LogP contribution in [-0.4, -0.2) is 23.3 Å². The molecule has 29 heavy (non-hydrogen) atoms. The molecule has 0 aliphatic rings. The van der Waals surface area contributed by atoms with Gasteiger partial charge in [-0.25, -0.2) is 5.43 Å². The van der Waals surface area contributed by atoms with Crippen LogP contribution in [0.4, 0.5) is 0 Å². The number of methoxy groups -OCH3 is 1. The van der Waals surface area contributed by atoms with Crippen molar-refractivity contribution in [3.63, 3.8) is 0 Å². The Morgan fingerprint density at radius 1 is 0.828 bits per heavy atom. The SMILES string of the molecule is COc1ccc(SN(NC(=O)c2ccc(Cl)cc2)C(=O)c2ccc(Cl)cc2)cc1. The number of rotatable bonds is 5. The van der Waals surface area contributed by atoms with E-state index in [9.17, 15) is 9.59 Å². The van der Waals surface area contributed by atoms with Crippen molar-refractivity contribution in [2.45, 2.75) is 4.90 Å². The van der Waals surface area contributed by atoms with E-state index in [2.05, 4.69) is 5.43 Å². The lowest BCUT2D eigenvalue weighted by Gasteiger charge is -2.22. The highest BCUT2D eigenvalue weighted by Gasteiger charge is 2.21. The van der Waals surface area contributed by atoms with E-state index in [-0.39, 0.29) is 0 Å². The van der Waals surface area contributed by atoms with Crippen LogP contribution < -0.4 is 10.2 Å². The Kier molecular flexibility index (Phi) is 7.04. The molecule has 8 heteroatoms. The molecule has 0 aliphatic heterocycles. The van der Waals surface area contributed by atoms with Crippen molar-refractivity contribution in [3.05, 3.63) is 94.0 Å². The summed E-state index contributed by atoms with van der Waals surface area (Å²) in [6, 6.07) is 19.9. The molecule has 0 radical (unpaired) electrons. The third kappa shape index (κ3) is 5.67. The van der Waals surface area contributed by atoms with E-state index in [4.69, 9.17) is 27.9 Å². The van der Waals surface area contributed by atoms with Gasteiger partial charge in [-0.05, 0) is 72.8 Å². The maximum absolute atomic E-state index is 13.0. The van der Waals surface area contributed by atoms with Gasteiger partial charge in [0.1, 0.15) is 5.75 Å². The summed E-state index contributed by atoms with van der Waals surface area (Å²) < 4.78 is 6.33. The van der Waals surface area contributed by atoms with Crippen molar-refractivity contribution in [2.24, 2.45) is 0 Å². The lowest BCUT2D eigenvalue weighted by atomic mass is 10.2. The van der Waals surface area contributed by atoms with E-state index in [1.54, 1.807) is 79.9 Å². The van der Waals surface area contributed by atoms with E-state index in [0.717, 1.165) is 16.8 Å². The predicted octanol–water partition coefficient (Wildman–Crippen LogP) is 5.50. The standard InChI is InChI=1S/C21H16Cl2N2O3S/c1-28-18-10-12-19(13-11-18)29-25(21(27)15-4-8-17(23)9-5-15)24-20(26)14-2-6-16(22)7-3-14/h2-13H,1H3,(H,24,26). The number of hydrogen-bond donors (Lipinski definition) is 1. The molecule has 148 valence electrons.